The number of hydrogen-bond donors (Lipinski definition) is 1. The molecule has 7 nitrogen and oxygen atoms in total. The Morgan fingerprint density at radius 2 is 1.59 bits per heavy atom. The summed E-state index contributed by atoms with van der Waals surface area (Å²) in [5, 5.41) is 2.69. The van der Waals surface area contributed by atoms with Crippen LogP contribution >= 0.6 is 0 Å². The molecule has 0 bridgehead atoms. The van der Waals surface area contributed by atoms with E-state index in [0.717, 1.165) is 0 Å². The van der Waals surface area contributed by atoms with E-state index in [4.69, 9.17) is 18.9 Å². The lowest BCUT2D eigenvalue weighted by Crippen LogP contribution is -2.30. The Bertz CT molecular complexity index is 832. The maximum absolute atomic E-state index is 12.4. The van der Waals surface area contributed by atoms with Gasteiger partial charge in [0.2, 0.25) is 0 Å². The molecule has 0 saturated carbocycles. The Morgan fingerprint density at radius 3 is 2.17 bits per heavy atom. The third-order valence-electron chi connectivity index (χ3n) is 3.98. The Labute approximate surface area is 170 Å². The molecule has 0 radical (unpaired) electrons. The zero-order valence-electron chi connectivity index (χ0n) is 17.4. The second kappa shape index (κ2) is 10.4. The van der Waals surface area contributed by atoms with E-state index in [0.29, 0.717) is 41.0 Å². The molecule has 0 aliphatic rings. The summed E-state index contributed by atoms with van der Waals surface area (Å²) in [6, 6.07) is 11.6. The summed E-state index contributed by atoms with van der Waals surface area (Å²) in [5.41, 5.74) is 0.842. The van der Waals surface area contributed by atoms with Crippen molar-refractivity contribution in [2.75, 3.05) is 26.1 Å². The van der Waals surface area contributed by atoms with Gasteiger partial charge < -0.3 is 24.3 Å². The van der Waals surface area contributed by atoms with Crippen molar-refractivity contribution in [3.05, 3.63) is 48.0 Å². The Morgan fingerprint density at radius 1 is 0.931 bits per heavy atom. The topological polar surface area (TPSA) is 83.1 Å². The minimum Gasteiger partial charge on any atom is -0.493 e. The summed E-state index contributed by atoms with van der Waals surface area (Å²) in [4.78, 5) is 24.6. The smallest absolute Gasteiger partial charge is 0.338 e. The highest BCUT2D eigenvalue weighted by molar-refractivity contribution is 5.97. The molecule has 0 saturated heterocycles. The van der Waals surface area contributed by atoms with E-state index in [1.807, 2.05) is 0 Å². The van der Waals surface area contributed by atoms with Crippen LogP contribution in [-0.4, -0.2) is 38.8 Å². The molecule has 29 heavy (non-hydrogen) atoms. The van der Waals surface area contributed by atoms with Crippen LogP contribution in [0.25, 0.3) is 0 Å². The summed E-state index contributed by atoms with van der Waals surface area (Å²) in [7, 11) is 3.04. The lowest BCUT2D eigenvalue weighted by atomic mass is 10.2. The second-order valence-electron chi connectivity index (χ2n) is 6.84. The van der Waals surface area contributed by atoms with Gasteiger partial charge in [0.05, 0.1) is 26.4 Å². The monoisotopic (exact) mass is 401 g/mol. The summed E-state index contributed by atoms with van der Waals surface area (Å²) in [6.45, 7) is 6.21. The SMILES string of the molecule is COc1ccc(NC(=O)[C@H](C)OC(=O)c2ccc(OCC(C)C)cc2)cc1OC. The van der Waals surface area contributed by atoms with E-state index >= 15 is 0 Å². The van der Waals surface area contributed by atoms with E-state index in [1.165, 1.54) is 21.1 Å². The first-order valence-corrected chi connectivity index (χ1v) is 9.30. The van der Waals surface area contributed by atoms with Crippen LogP contribution in [0, 0.1) is 5.92 Å². The van der Waals surface area contributed by atoms with E-state index in [2.05, 4.69) is 19.2 Å². The van der Waals surface area contributed by atoms with Crippen LogP contribution in [0.5, 0.6) is 17.2 Å². The normalized spacial score (nSPS) is 11.5. The quantitative estimate of drug-likeness (QED) is 0.641. The van der Waals surface area contributed by atoms with Gasteiger partial charge in [0.1, 0.15) is 5.75 Å². The molecular weight excluding hydrogens is 374 g/mol. The number of methoxy groups -OCH3 is 2. The largest absolute Gasteiger partial charge is 0.493 e. The summed E-state index contributed by atoms with van der Waals surface area (Å²) >= 11 is 0. The van der Waals surface area contributed by atoms with Gasteiger partial charge in [0.15, 0.2) is 17.6 Å². The molecule has 0 spiro atoms. The molecule has 2 rings (SSSR count). The molecular formula is C22H27NO6. The molecule has 0 heterocycles. The average Bonchev–Trinajstić information content (AvgIpc) is 2.72. The van der Waals surface area contributed by atoms with E-state index < -0.39 is 18.0 Å². The van der Waals surface area contributed by atoms with Crippen LogP contribution in [-0.2, 0) is 9.53 Å². The standard InChI is InChI=1S/C22H27NO6/c1-14(2)13-28-18-9-6-16(7-10-18)22(25)29-15(3)21(24)23-17-8-11-19(26-4)20(12-17)27-5/h6-12,14-15H,13H2,1-5H3,(H,23,24)/t15-/m0/s1. The molecule has 2 aromatic carbocycles. The molecule has 1 N–H and O–H groups in total. The van der Waals surface area contributed by atoms with Crippen molar-refractivity contribution in [1.82, 2.24) is 0 Å². The first kappa shape index (κ1) is 22.1. The first-order chi connectivity index (χ1) is 13.8. The highest BCUT2D eigenvalue weighted by Gasteiger charge is 2.19. The van der Waals surface area contributed by atoms with Crippen molar-refractivity contribution in [1.29, 1.82) is 0 Å². The van der Waals surface area contributed by atoms with Crippen LogP contribution in [0.1, 0.15) is 31.1 Å². The van der Waals surface area contributed by atoms with Gasteiger partial charge in [0, 0.05) is 11.8 Å². The van der Waals surface area contributed by atoms with Gasteiger partial charge >= 0.3 is 5.97 Å². The molecule has 1 atom stereocenters. The number of carbonyl (C=O) groups is 2. The second-order valence-corrected chi connectivity index (χ2v) is 6.84. The Balaban J connectivity index is 1.94. The van der Waals surface area contributed by atoms with Crippen LogP contribution in [0.4, 0.5) is 5.69 Å². The molecule has 0 aliphatic carbocycles. The molecule has 7 heteroatoms. The van der Waals surface area contributed by atoms with Gasteiger partial charge in [-0.3, -0.25) is 4.79 Å². The first-order valence-electron chi connectivity index (χ1n) is 9.30. The predicted molar refractivity (Wildman–Crippen MR) is 110 cm³/mol. The van der Waals surface area contributed by atoms with Crippen LogP contribution < -0.4 is 19.5 Å². The number of benzene rings is 2. The minimum atomic E-state index is -0.979. The van der Waals surface area contributed by atoms with Crippen LogP contribution in [0.3, 0.4) is 0 Å². The molecule has 0 aliphatic heterocycles. The summed E-state index contributed by atoms with van der Waals surface area (Å²) < 4.78 is 21.2. The maximum Gasteiger partial charge on any atom is 0.338 e. The lowest BCUT2D eigenvalue weighted by Gasteiger charge is -2.15. The van der Waals surface area contributed by atoms with Crippen molar-refractivity contribution in [2.45, 2.75) is 26.9 Å². The fraction of sp³-hybridized carbons (Fsp3) is 0.364. The van der Waals surface area contributed by atoms with Crippen molar-refractivity contribution in [3.63, 3.8) is 0 Å². The van der Waals surface area contributed by atoms with Gasteiger partial charge in [-0.1, -0.05) is 13.8 Å². The fourth-order valence-electron chi connectivity index (χ4n) is 2.39. The molecule has 0 unspecified atom stereocenters. The van der Waals surface area contributed by atoms with Crippen molar-refractivity contribution in [2.24, 2.45) is 5.92 Å². The lowest BCUT2D eigenvalue weighted by molar-refractivity contribution is -0.123. The van der Waals surface area contributed by atoms with E-state index in [9.17, 15) is 9.59 Å². The highest BCUT2D eigenvalue weighted by Crippen LogP contribution is 2.29. The molecule has 2 aromatic rings. The van der Waals surface area contributed by atoms with Crippen molar-refractivity contribution in [3.8, 4) is 17.2 Å². The number of nitrogens with one attached hydrogen (secondary N) is 1. The fourth-order valence-corrected chi connectivity index (χ4v) is 2.39. The number of anilines is 1. The number of amides is 1. The van der Waals surface area contributed by atoms with Gasteiger partial charge in [-0.2, -0.15) is 0 Å². The minimum absolute atomic E-state index is 0.340. The van der Waals surface area contributed by atoms with Crippen LogP contribution in [0.2, 0.25) is 0 Å². The van der Waals surface area contributed by atoms with Crippen molar-refractivity contribution < 1.29 is 28.5 Å². The van der Waals surface area contributed by atoms with Gasteiger partial charge in [0.25, 0.3) is 5.91 Å². The predicted octanol–water partition coefficient (Wildman–Crippen LogP) is 3.92. The van der Waals surface area contributed by atoms with Gasteiger partial charge in [-0.15, -0.1) is 0 Å². The zero-order valence-corrected chi connectivity index (χ0v) is 17.4. The molecule has 0 fully saturated rings. The third-order valence-corrected chi connectivity index (χ3v) is 3.98. The Kier molecular flexibility index (Phi) is 7.88. The number of carbonyl (C=O) groups excluding carboxylic acids is 2. The number of ether oxygens (including phenoxy) is 4. The molecule has 0 aromatic heterocycles. The van der Waals surface area contributed by atoms with Crippen molar-refractivity contribution >= 4 is 17.6 Å². The van der Waals surface area contributed by atoms with Gasteiger partial charge in [-0.05, 0) is 49.2 Å². The zero-order chi connectivity index (χ0) is 21.4. The summed E-state index contributed by atoms with van der Waals surface area (Å²) in [6.07, 6.45) is -0.979. The third kappa shape index (κ3) is 6.41. The van der Waals surface area contributed by atoms with E-state index in [-0.39, 0.29) is 0 Å². The average molecular weight is 401 g/mol. The number of hydrogen-bond acceptors (Lipinski definition) is 6. The molecule has 156 valence electrons. The highest BCUT2D eigenvalue weighted by atomic mass is 16.5. The van der Waals surface area contributed by atoms with Crippen LogP contribution in [0.15, 0.2) is 42.5 Å². The number of rotatable bonds is 9. The van der Waals surface area contributed by atoms with Gasteiger partial charge in [-0.25, -0.2) is 4.79 Å². The molecule has 1 amide bonds. The Hall–Kier alpha value is -3.22. The maximum atomic E-state index is 12.4. The summed E-state index contributed by atoms with van der Waals surface area (Å²) in [5.74, 6) is 1.07. The van der Waals surface area contributed by atoms with E-state index in [1.54, 1.807) is 42.5 Å². The number of esters is 1.